The molecule has 25 heavy (non-hydrogen) atoms. The maximum Gasteiger partial charge on any atom is 0.344 e. The van der Waals surface area contributed by atoms with Crippen LogP contribution in [0.1, 0.15) is 25.5 Å². The van der Waals surface area contributed by atoms with E-state index in [1.165, 1.54) is 40.4 Å². The third-order valence-corrected chi connectivity index (χ3v) is 4.19. The summed E-state index contributed by atoms with van der Waals surface area (Å²) < 4.78 is 21.8. The van der Waals surface area contributed by atoms with Crippen molar-refractivity contribution in [1.82, 2.24) is 4.98 Å². The molecule has 1 N–H and O–H groups in total. The topological polar surface area (TPSA) is 91.0 Å². The third kappa shape index (κ3) is 3.70. The van der Waals surface area contributed by atoms with Gasteiger partial charge in [0, 0.05) is 5.56 Å². The highest BCUT2D eigenvalue weighted by Crippen LogP contribution is 2.43. The van der Waals surface area contributed by atoms with E-state index in [1.54, 1.807) is 12.1 Å². The van der Waals surface area contributed by atoms with Crippen LogP contribution in [-0.4, -0.2) is 36.4 Å². The van der Waals surface area contributed by atoms with Crippen LogP contribution in [0.25, 0.3) is 11.3 Å². The van der Waals surface area contributed by atoms with Crippen LogP contribution in [0.2, 0.25) is 0 Å². The Morgan fingerprint density at radius 2 is 1.96 bits per heavy atom. The van der Waals surface area contributed by atoms with Crippen LogP contribution in [0, 0.1) is 5.92 Å². The van der Waals surface area contributed by atoms with Crippen molar-refractivity contribution < 1.29 is 28.5 Å². The van der Waals surface area contributed by atoms with Crippen molar-refractivity contribution in [2.75, 3.05) is 14.2 Å². The van der Waals surface area contributed by atoms with Gasteiger partial charge < -0.3 is 23.7 Å². The lowest BCUT2D eigenvalue weighted by atomic mass is 10.1. The summed E-state index contributed by atoms with van der Waals surface area (Å²) in [5.74, 6) is 1.25. The molecule has 0 radical (unpaired) electrons. The Hall–Kier alpha value is -2.70. The average Bonchev–Trinajstić information content (AvgIpc) is 3.30. The number of methoxy groups -OCH3 is 2. The normalized spacial score (nSPS) is 14.8. The highest BCUT2D eigenvalue weighted by Gasteiger charge is 2.26. The number of nitrogens with zero attached hydrogens (tertiary/aromatic N) is 1. The summed E-state index contributed by atoms with van der Waals surface area (Å²) >= 11 is 0. The molecule has 0 bridgehead atoms. The Bertz CT molecular complexity index is 740. The van der Waals surface area contributed by atoms with E-state index < -0.39 is 12.1 Å². The van der Waals surface area contributed by atoms with Gasteiger partial charge in [0.2, 0.25) is 5.75 Å². The molecule has 1 fully saturated rings. The van der Waals surface area contributed by atoms with Crippen molar-refractivity contribution in [2.45, 2.75) is 32.3 Å². The molecule has 1 aliphatic carbocycles. The number of carbonyl (C=O) groups is 1. The molecule has 0 amide bonds. The quantitative estimate of drug-likeness (QED) is 0.784. The number of carboxylic acids is 1. The Balaban J connectivity index is 1.99. The van der Waals surface area contributed by atoms with Gasteiger partial charge in [-0.05, 0) is 44.2 Å². The van der Waals surface area contributed by atoms with Crippen LogP contribution in [0.5, 0.6) is 17.2 Å². The van der Waals surface area contributed by atoms with Crippen molar-refractivity contribution in [3.05, 3.63) is 24.2 Å². The van der Waals surface area contributed by atoms with Crippen molar-refractivity contribution in [3.8, 4) is 28.6 Å². The molecule has 1 unspecified atom stereocenters. The van der Waals surface area contributed by atoms with Crippen molar-refractivity contribution in [1.29, 1.82) is 0 Å². The summed E-state index contributed by atoms with van der Waals surface area (Å²) in [5, 5.41) is 9.07. The molecule has 1 aromatic heterocycles. The first-order valence-electron chi connectivity index (χ1n) is 8.11. The molecule has 7 nitrogen and oxygen atoms in total. The summed E-state index contributed by atoms with van der Waals surface area (Å²) in [6, 6.07) is 3.48. The van der Waals surface area contributed by atoms with Gasteiger partial charge in [-0.1, -0.05) is 0 Å². The number of hydrogen-bond acceptors (Lipinski definition) is 6. The number of hydrogen-bond donors (Lipinski definition) is 1. The first kappa shape index (κ1) is 17.1. The number of aliphatic carboxylic acids is 1. The van der Waals surface area contributed by atoms with E-state index in [4.69, 9.17) is 23.7 Å². The molecular weight excluding hydrogens is 326 g/mol. The van der Waals surface area contributed by atoms with Gasteiger partial charge in [0.1, 0.15) is 0 Å². The van der Waals surface area contributed by atoms with Crippen LogP contribution in [0.3, 0.4) is 0 Å². The number of carboxylic acid groups (broad SMARTS) is 1. The highest BCUT2D eigenvalue weighted by atomic mass is 16.6. The number of rotatable bonds is 8. The molecule has 3 rings (SSSR count). The van der Waals surface area contributed by atoms with Gasteiger partial charge in [-0.3, -0.25) is 0 Å². The lowest BCUT2D eigenvalue weighted by Gasteiger charge is -2.17. The fourth-order valence-electron chi connectivity index (χ4n) is 2.60. The summed E-state index contributed by atoms with van der Waals surface area (Å²) in [6.45, 7) is 1.44. The minimum absolute atomic E-state index is 0.243. The molecule has 134 valence electrons. The Labute approximate surface area is 145 Å². The van der Waals surface area contributed by atoms with E-state index >= 15 is 0 Å². The molecule has 1 saturated carbocycles. The summed E-state index contributed by atoms with van der Waals surface area (Å²) in [6.07, 6.45) is 3.72. The number of benzene rings is 1. The van der Waals surface area contributed by atoms with Gasteiger partial charge in [0.25, 0.3) is 0 Å². The minimum Gasteiger partial charge on any atom is -0.493 e. The molecule has 0 aliphatic heterocycles. The van der Waals surface area contributed by atoms with Crippen LogP contribution in [0.15, 0.2) is 22.9 Å². The number of ether oxygens (including phenoxy) is 3. The second-order valence-electron chi connectivity index (χ2n) is 6.08. The number of aromatic nitrogens is 1. The molecule has 7 heteroatoms. The molecular formula is C18H21NO6. The van der Waals surface area contributed by atoms with Gasteiger partial charge in [-0.25, -0.2) is 9.78 Å². The van der Waals surface area contributed by atoms with Gasteiger partial charge in [0.05, 0.1) is 19.9 Å². The second kappa shape index (κ2) is 7.04. The van der Waals surface area contributed by atoms with Gasteiger partial charge in [0.15, 0.2) is 29.8 Å². The largest absolute Gasteiger partial charge is 0.493 e. The molecule has 0 spiro atoms. The standard InChI is InChI=1S/C18H21NO6/c1-10(18(20)21)25-17-14(22-2)7-12(8-15(17)23-3)16-13(19-9-24-16)6-11-4-5-11/h7-11H,4-6H2,1-3H3,(H,20,21). The molecule has 1 heterocycles. The SMILES string of the molecule is COc1cc(-c2ocnc2CC2CC2)cc(OC)c1OC(C)C(=O)O. The van der Waals surface area contributed by atoms with Crippen molar-refractivity contribution in [2.24, 2.45) is 5.92 Å². The zero-order chi connectivity index (χ0) is 18.0. The monoisotopic (exact) mass is 347 g/mol. The van der Waals surface area contributed by atoms with E-state index in [2.05, 4.69) is 4.98 Å². The molecule has 1 aromatic carbocycles. The molecule has 0 saturated heterocycles. The van der Waals surface area contributed by atoms with Crippen LogP contribution < -0.4 is 14.2 Å². The first-order valence-corrected chi connectivity index (χ1v) is 8.11. The summed E-state index contributed by atoms with van der Waals surface area (Å²) in [5.41, 5.74) is 1.65. The zero-order valence-corrected chi connectivity index (χ0v) is 14.4. The van der Waals surface area contributed by atoms with E-state index in [1.807, 2.05) is 0 Å². The summed E-state index contributed by atoms with van der Waals surface area (Å²) in [7, 11) is 2.98. The van der Waals surface area contributed by atoms with Crippen molar-refractivity contribution >= 4 is 5.97 Å². The molecule has 1 atom stereocenters. The van der Waals surface area contributed by atoms with Crippen molar-refractivity contribution in [3.63, 3.8) is 0 Å². The lowest BCUT2D eigenvalue weighted by molar-refractivity contribution is -0.144. The van der Waals surface area contributed by atoms with E-state index in [0.717, 1.165) is 17.7 Å². The fourth-order valence-corrected chi connectivity index (χ4v) is 2.60. The Morgan fingerprint density at radius 3 is 2.48 bits per heavy atom. The second-order valence-corrected chi connectivity index (χ2v) is 6.08. The van der Waals surface area contributed by atoms with Crippen LogP contribution in [-0.2, 0) is 11.2 Å². The highest BCUT2D eigenvalue weighted by molar-refractivity contribution is 5.74. The van der Waals surface area contributed by atoms with E-state index in [9.17, 15) is 4.79 Å². The van der Waals surface area contributed by atoms with E-state index in [-0.39, 0.29) is 5.75 Å². The van der Waals surface area contributed by atoms with Gasteiger partial charge >= 0.3 is 5.97 Å². The Morgan fingerprint density at radius 1 is 1.32 bits per heavy atom. The van der Waals surface area contributed by atoms with Crippen LogP contribution >= 0.6 is 0 Å². The average molecular weight is 347 g/mol. The molecule has 2 aromatic rings. The smallest absolute Gasteiger partial charge is 0.344 e. The van der Waals surface area contributed by atoms with Gasteiger partial charge in [-0.15, -0.1) is 0 Å². The fraction of sp³-hybridized carbons (Fsp3) is 0.444. The predicted octanol–water partition coefficient (Wildman–Crippen LogP) is 3.16. The Kier molecular flexibility index (Phi) is 4.83. The first-order chi connectivity index (χ1) is 12.0. The van der Waals surface area contributed by atoms with E-state index in [0.29, 0.717) is 23.2 Å². The lowest BCUT2D eigenvalue weighted by Crippen LogP contribution is -2.23. The maximum absolute atomic E-state index is 11.1. The summed E-state index contributed by atoms with van der Waals surface area (Å²) in [4.78, 5) is 15.4. The minimum atomic E-state index is -1.07. The third-order valence-electron chi connectivity index (χ3n) is 4.19. The van der Waals surface area contributed by atoms with Crippen LogP contribution in [0.4, 0.5) is 0 Å². The van der Waals surface area contributed by atoms with Gasteiger partial charge in [-0.2, -0.15) is 0 Å². The predicted molar refractivity (Wildman–Crippen MR) is 89.2 cm³/mol. The number of oxazole rings is 1. The zero-order valence-electron chi connectivity index (χ0n) is 14.4. The molecule has 1 aliphatic rings. The maximum atomic E-state index is 11.1.